The highest BCUT2D eigenvalue weighted by Gasteiger charge is 2.33. The number of likely N-dealkylation sites (tertiary alicyclic amines) is 1. The first kappa shape index (κ1) is 23.6. The summed E-state index contributed by atoms with van der Waals surface area (Å²) in [5.41, 5.74) is 0.529. The fourth-order valence-corrected chi connectivity index (χ4v) is 3.74. The number of carbonyl (C=O) groups excluding carboxylic acids is 3. The zero-order valence-corrected chi connectivity index (χ0v) is 17.8. The van der Waals surface area contributed by atoms with Gasteiger partial charge in [0.2, 0.25) is 11.8 Å². The molecule has 3 amide bonds. The summed E-state index contributed by atoms with van der Waals surface area (Å²) in [7, 11) is 0. The normalized spacial score (nSPS) is 14.8. The monoisotopic (exact) mass is 474 g/mol. The van der Waals surface area contributed by atoms with Gasteiger partial charge < -0.3 is 24.7 Å². The number of aromatic nitrogens is 1. The molecule has 9 nitrogen and oxygen atoms in total. The Labute approximate surface area is 184 Å². The molecule has 0 bridgehead atoms. The maximum Gasteiger partial charge on any atom is 0.422 e. The lowest BCUT2D eigenvalue weighted by Gasteiger charge is -2.30. The van der Waals surface area contributed by atoms with E-state index in [2.05, 4.69) is 20.4 Å². The minimum atomic E-state index is -4.58. The van der Waals surface area contributed by atoms with Crippen LogP contribution in [0.15, 0.2) is 21.9 Å². The molecule has 13 heteroatoms. The Morgan fingerprint density at radius 2 is 2.00 bits per heavy atom. The van der Waals surface area contributed by atoms with E-state index in [-0.39, 0.29) is 31.4 Å². The molecule has 2 aromatic rings. The number of furan rings is 1. The summed E-state index contributed by atoms with van der Waals surface area (Å²) in [5.74, 6) is 0.203. The van der Waals surface area contributed by atoms with Crippen molar-refractivity contribution in [3.8, 4) is 11.5 Å². The highest BCUT2D eigenvalue weighted by Crippen LogP contribution is 2.28. The summed E-state index contributed by atoms with van der Waals surface area (Å²) >= 11 is 1.21. The molecule has 0 aliphatic carbocycles. The van der Waals surface area contributed by atoms with Gasteiger partial charge in [-0.05, 0) is 25.0 Å². The molecular weight excluding hydrogens is 453 g/mol. The lowest BCUT2D eigenvalue weighted by molar-refractivity contribution is -0.162. The van der Waals surface area contributed by atoms with Crippen molar-refractivity contribution in [2.24, 2.45) is 5.92 Å². The van der Waals surface area contributed by atoms with E-state index >= 15 is 0 Å². The largest absolute Gasteiger partial charge is 0.458 e. The van der Waals surface area contributed by atoms with Crippen LogP contribution in [0.1, 0.15) is 25.5 Å². The van der Waals surface area contributed by atoms with Crippen molar-refractivity contribution in [2.75, 3.05) is 25.0 Å². The summed E-state index contributed by atoms with van der Waals surface area (Å²) < 4.78 is 46.3. The van der Waals surface area contributed by atoms with Crippen molar-refractivity contribution in [3.63, 3.8) is 0 Å². The van der Waals surface area contributed by atoms with Crippen molar-refractivity contribution in [2.45, 2.75) is 32.5 Å². The number of carbonyl (C=O) groups is 3. The van der Waals surface area contributed by atoms with E-state index in [1.807, 2.05) is 0 Å². The third-order valence-corrected chi connectivity index (χ3v) is 5.40. The summed E-state index contributed by atoms with van der Waals surface area (Å²) in [5, 5.41) is 7.44. The maximum absolute atomic E-state index is 12.5. The van der Waals surface area contributed by atoms with E-state index in [0.717, 1.165) is 4.90 Å². The minimum absolute atomic E-state index is 0.126. The highest BCUT2D eigenvalue weighted by atomic mass is 32.1. The number of halogens is 3. The van der Waals surface area contributed by atoms with Gasteiger partial charge >= 0.3 is 12.3 Å². The molecule has 1 fully saturated rings. The average molecular weight is 474 g/mol. The highest BCUT2D eigenvalue weighted by molar-refractivity contribution is 7.14. The van der Waals surface area contributed by atoms with E-state index in [1.54, 1.807) is 17.5 Å². The molecule has 3 rings (SSSR count). The number of nitrogens with zero attached hydrogens (tertiary/aromatic N) is 2. The Hall–Kier alpha value is -3.09. The summed E-state index contributed by atoms with van der Waals surface area (Å²) in [4.78, 5) is 40.7. The second-order valence-corrected chi connectivity index (χ2v) is 7.99. The summed E-state index contributed by atoms with van der Waals surface area (Å²) in [6.45, 7) is 0.278. The van der Waals surface area contributed by atoms with Gasteiger partial charge in [-0.15, -0.1) is 11.3 Å². The maximum atomic E-state index is 12.5. The number of hydrogen-bond donors (Lipinski definition) is 2. The molecular formula is C19H21F3N4O5S. The Kier molecular flexibility index (Phi) is 7.38. The third-order valence-electron chi connectivity index (χ3n) is 4.64. The lowest BCUT2D eigenvalue weighted by Crippen LogP contribution is -2.42. The molecule has 2 N–H and O–H groups in total. The number of thiazole rings is 1. The molecule has 174 valence electrons. The Bertz CT molecular complexity index is 966. The Morgan fingerprint density at radius 3 is 2.66 bits per heavy atom. The number of ether oxygens (including phenoxy) is 1. The molecule has 0 aromatic carbocycles. The molecule has 32 heavy (non-hydrogen) atoms. The average Bonchev–Trinajstić information content (AvgIpc) is 3.39. The van der Waals surface area contributed by atoms with Gasteiger partial charge in [-0.3, -0.25) is 9.59 Å². The summed E-state index contributed by atoms with van der Waals surface area (Å²) in [6.07, 6.45) is -5.02. The van der Waals surface area contributed by atoms with Crippen LogP contribution in [0.4, 0.5) is 23.1 Å². The Balaban J connectivity index is 1.47. The number of alkyl halides is 3. The van der Waals surface area contributed by atoms with Gasteiger partial charge in [0.15, 0.2) is 17.5 Å². The zero-order valence-electron chi connectivity index (χ0n) is 17.0. The van der Waals surface area contributed by atoms with Crippen molar-refractivity contribution >= 4 is 34.4 Å². The molecule has 0 spiro atoms. The third kappa shape index (κ3) is 6.70. The number of amides is 3. The first-order valence-electron chi connectivity index (χ1n) is 9.69. The summed E-state index contributed by atoms with van der Waals surface area (Å²) in [6, 6.07) is 3.43. The predicted octanol–water partition coefficient (Wildman–Crippen LogP) is 3.39. The van der Waals surface area contributed by atoms with Crippen molar-refractivity contribution < 1.29 is 36.7 Å². The Morgan fingerprint density at radius 1 is 1.28 bits per heavy atom. The standard InChI is InChI=1S/C19H21F3N4O5S/c1-11(27)23-8-13-2-3-15(31-13)14-9-32-17(24-14)25-16(28)12-4-6-26(7-5-12)18(29)30-10-19(20,21)22/h2-3,9,12H,4-8,10H2,1H3,(H,23,27)(H,24,25,28). The molecule has 1 saturated heterocycles. The van der Waals surface area contributed by atoms with Gasteiger partial charge in [0.05, 0.1) is 6.54 Å². The van der Waals surface area contributed by atoms with Crippen LogP contribution < -0.4 is 10.6 Å². The topological polar surface area (TPSA) is 114 Å². The number of hydrogen-bond acceptors (Lipinski definition) is 7. The van der Waals surface area contributed by atoms with Crippen LogP contribution in [-0.2, 0) is 20.9 Å². The van der Waals surface area contributed by atoms with Crippen molar-refractivity contribution in [1.82, 2.24) is 15.2 Å². The van der Waals surface area contributed by atoms with E-state index in [0.29, 0.717) is 35.2 Å². The first-order valence-corrected chi connectivity index (χ1v) is 10.6. The molecule has 0 radical (unpaired) electrons. The molecule has 0 atom stereocenters. The molecule has 1 aliphatic rings. The van der Waals surface area contributed by atoms with Gasteiger partial charge in [-0.25, -0.2) is 9.78 Å². The molecule has 2 aromatic heterocycles. The van der Waals surface area contributed by atoms with Crippen LogP contribution in [0.3, 0.4) is 0 Å². The fraction of sp³-hybridized carbons (Fsp3) is 0.474. The minimum Gasteiger partial charge on any atom is -0.458 e. The van der Waals surface area contributed by atoms with Crippen molar-refractivity contribution in [1.29, 1.82) is 0 Å². The fourth-order valence-electron chi connectivity index (χ4n) is 3.03. The van der Waals surface area contributed by atoms with Crippen LogP contribution in [0, 0.1) is 5.92 Å². The molecule has 3 heterocycles. The van der Waals surface area contributed by atoms with Crippen LogP contribution in [0.2, 0.25) is 0 Å². The number of rotatable bonds is 6. The van der Waals surface area contributed by atoms with Crippen LogP contribution in [-0.4, -0.2) is 53.7 Å². The van der Waals surface area contributed by atoms with E-state index in [4.69, 9.17) is 4.42 Å². The second kappa shape index (κ2) is 10.0. The smallest absolute Gasteiger partial charge is 0.422 e. The quantitative estimate of drug-likeness (QED) is 0.664. The van der Waals surface area contributed by atoms with Crippen LogP contribution in [0.5, 0.6) is 0 Å². The molecule has 0 saturated carbocycles. The SMILES string of the molecule is CC(=O)NCc1ccc(-c2csc(NC(=O)C3CCN(C(=O)OCC(F)(F)F)CC3)n2)o1. The van der Waals surface area contributed by atoms with E-state index < -0.39 is 24.8 Å². The number of piperidine rings is 1. The second-order valence-electron chi connectivity index (χ2n) is 7.13. The van der Waals surface area contributed by atoms with E-state index in [1.165, 1.54) is 18.3 Å². The number of nitrogens with one attached hydrogen (secondary N) is 2. The van der Waals surface area contributed by atoms with Gasteiger partial charge in [0.1, 0.15) is 11.5 Å². The zero-order chi connectivity index (χ0) is 23.3. The van der Waals surface area contributed by atoms with Gasteiger partial charge in [-0.2, -0.15) is 13.2 Å². The van der Waals surface area contributed by atoms with Crippen LogP contribution >= 0.6 is 11.3 Å². The number of anilines is 1. The first-order chi connectivity index (χ1) is 15.1. The predicted molar refractivity (Wildman–Crippen MR) is 108 cm³/mol. The van der Waals surface area contributed by atoms with Gasteiger partial charge in [0.25, 0.3) is 0 Å². The van der Waals surface area contributed by atoms with Gasteiger partial charge in [-0.1, -0.05) is 0 Å². The van der Waals surface area contributed by atoms with Crippen molar-refractivity contribution in [3.05, 3.63) is 23.3 Å². The lowest BCUT2D eigenvalue weighted by atomic mass is 9.96. The molecule has 1 aliphatic heterocycles. The molecule has 0 unspecified atom stereocenters. The van der Waals surface area contributed by atoms with E-state index in [9.17, 15) is 27.6 Å². The van der Waals surface area contributed by atoms with Gasteiger partial charge in [0, 0.05) is 31.3 Å². The van der Waals surface area contributed by atoms with Crippen LogP contribution in [0.25, 0.3) is 11.5 Å².